The van der Waals surface area contributed by atoms with Crippen LogP contribution in [0.4, 0.5) is 0 Å². The summed E-state index contributed by atoms with van der Waals surface area (Å²) in [7, 11) is 0. The largest absolute Gasteiger partial charge is 0.491 e. The Labute approximate surface area is 133 Å². The highest BCUT2D eigenvalue weighted by molar-refractivity contribution is 5.76. The molecule has 1 fully saturated rings. The minimum Gasteiger partial charge on any atom is -0.491 e. The number of amides is 1. The number of ether oxygens (including phenoxy) is 1. The Kier molecular flexibility index (Phi) is 5.83. The van der Waals surface area contributed by atoms with Crippen LogP contribution in [0.1, 0.15) is 58.1 Å². The van der Waals surface area contributed by atoms with Crippen LogP contribution in [0.2, 0.25) is 0 Å². The van der Waals surface area contributed by atoms with Crippen molar-refractivity contribution in [2.75, 3.05) is 0 Å². The van der Waals surface area contributed by atoms with Crippen LogP contribution in [-0.4, -0.2) is 18.1 Å². The third kappa shape index (κ3) is 4.73. The number of carbonyl (C=O) groups excluding carboxylic acids is 1. The van der Waals surface area contributed by atoms with Crippen molar-refractivity contribution in [2.24, 2.45) is 11.7 Å². The van der Waals surface area contributed by atoms with Crippen LogP contribution in [0.25, 0.3) is 0 Å². The van der Waals surface area contributed by atoms with Gasteiger partial charge >= 0.3 is 0 Å². The Balaban J connectivity index is 1.85. The second-order valence-corrected chi connectivity index (χ2v) is 6.58. The van der Waals surface area contributed by atoms with E-state index in [4.69, 9.17) is 10.5 Å². The second-order valence-electron chi connectivity index (χ2n) is 6.58. The Morgan fingerprint density at radius 3 is 2.50 bits per heavy atom. The molecule has 0 aliphatic heterocycles. The van der Waals surface area contributed by atoms with Crippen molar-refractivity contribution in [1.29, 1.82) is 0 Å². The summed E-state index contributed by atoms with van der Waals surface area (Å²) in [5, 5.41) is 3.07. The van der Waals surface area contributed by atoms with E-state index in [0.717, 1.165) is 30.6 Å². The van der Waals surface area contributed by atoms with Crippen LogP contribution in [-0.2, 0) is 4.79 Å². The summed E-state index contributed by atoms with van der Waals surface area (Å²) < 4.78 is 5.63. The van der Waals surface area contributed by atoms with Gasteiger partial charge in [0.1, 0.15) is 5.75 Å². The molecule has 0 spiro atoms. The molecule has 1 aromatic carbocycles. The number of hydrogen-bond acceptors (Lipinski definition) is 3. The van der Waals surface area contributed by atoms with E-state index in [1.807, 2.05) is 45.0 Å². The minimum atomic E-state index is -0.00164. The molecule has 0 bridgehead atoms. The fourth-order valence-corrected chi connectivity index (χ4v) is 3.05. The van der Waals surface area contributed by atoms with Crippen molar-refractivity contribution in [3.63, 3.8) is 0 Å². The SMILES string of the molecule is CC(C)Oc1ccc(C(C)NC(=O)C[C@@H]2CCC[C@H]2N)cc1. The standard InChI is InChI=1S/C18H28N2O2/c1-12(2)22-16-9-7-14(8-10-16)13(3)20-18(21)11-15-5-4-6-17(15)19/h7-10,12-13,15,17H,4-6,11,19H2,1-3H3,(H,20,21)/t13?,15-,17+/m0/s1. The van der Waals surface area contributed by atoms with E-state index < -0.39 is 0 Å². The first-order valence-electron chi connectivity index (χ1n) is 8.27. The molecule has 22 heavy (non-hydrogen) atoms. The highest BCUT2D eigenvalue weighted by Gasteiger charge is 2.26. The summed E-state index contributed by atoms with van der Waals surface area (Å²) in [6.45, 7) is 6.01. The van der Waals surface area contributed by atoms with Crippen molar-refractivity contribution < 1.29 is 9.53 Å². The molecule has 1 aromatic rings. The average Bonchev–Trinajstić information content (AvgIpc) is 2.84. The number of nitrogens with two attached hydrogens (primary N) is 1. The van der Waals surface area contributed by atoms with Gasteiger partial charge in [-0.25, -0.2) is 0 Å². The van der Waals surface area contributed by atoms with Crippen molar-refractivity contribution in [2.45, 2.75) is 64.6 Å². The van der Waals surface area contributed by atoms with Crippen LogP contribution >= 0.6 is 0 Å². The van der Waals surface area contributed by atoms with Gasteiger partial charge in [-0.3, -0.25) is 4.79 Å². The zero-order valence-electron chi connectivity index (χ0n) is 13.8. The van der Waals surface area contributed by atoms with E-state index in [0.29, 0.717) is 12.3 Å². The number of rotatable bonds is 6. The van der Waals surface area contributed by atoms with E-state index >= 15 is 0 Å². The summed E-state index contributed by atoms with van der Waals surface area (Å²) in [6, 6.07) is 8.09. The van der Waals surface area contributed by atoms with Gasteiger partial charge < -0.3 is 15.8 Å². The van der Waals surface area contributed by atoms with E-state index in [9.17, 15) is 4.79 Å². The summed E-state index contributed by atoms with van der Waals surface area (Å²) in [4.78, 5) is 12.1. The van der Waals surface area contributed by atoms with Crippen LogP contribution < -0.4 is 15.8 Å². The first-order chi connectivity index (χ1) is 10.5. The topological polar surface area (TPSA) is 64.3 Å². The van der Waals surface area contributed by atoms with Gasteiger partial charge in [0.2, 0.25) is 5.91 Å². The maximum Gasteiger partial charge on any atom is 0.220 e. The Bertz CT molecular complexity index is 484. The molecule has 1 aliphatic rings. The summed E-state index contributed by atoms with van der Waals surface area (Å²) in [5.74, 6) is 1.29. The van der Waals surface area contributed by atoms with Gasteiger partial charge in [0.15, 0.2) is 0 Å². The smallest absolute Gasteiger partial charge is 0.220 e. The van der Waals surface area contributed by atoms with Crippen molar-refractivity contribution >= 4 is 5.91 Å². The Hall–Kier alpha value is -1.55. The molecular weight excluding hydrogens is 276 g/mol. The number of carbonyl (C=O) groups is 1. The van der Waals surface area contributed by atoms with Crippen molar-refractivity contribution in [3.05, 3.63) is 29.8 Å². The Morgan fingerprint density at radius 2 is 1.95 bits per heavy atom. The van der Waals surface area contributed by atoms with E-state index in [2.05, 4.69) is 5.32 Å². The molecule has 4 nitrogen and oxygen atoms in total. The molecule has 4 heteroatoms. The van der Waals surface area contributed by atoms with Crippen molar-refractivity contribution in [3.8, 4) is 5.75 Å². The van der Waals surface area contributed by atoms with Gasteiger partial charge in [0.25, 0.3) is 0 Å². The lowest BCUT2D eigenvalue weighted by molar-refractivity contribution is -0.122. The molecule has 1 unspecified atom stereocenters. The third-order valence-electron chi connectivity index (χ3n) is 4.29. The van der Waals surface area contributed by atoms with Gasteiger partial charge in [-0.15, -0.1) is 0 Å². The molecule has 1 aliphatic carbocycles. The molecule has 0 aromatic heterocycles. The first-order valence-corrected chi connectivity index (χ1v) is 8.27. The maximum atomic E-state index is 12.1. The van der Waals surface area contributed by atoms with Gasteiger partial charge in [-0.2, -0.15) is 0 Å². The molecule has 3 atom stereocenters. The predicted molar refractivity (Wildman–Crippen MR) is 88.7 cm³/mol. The molecule has 2 rings (SSSR count). The number of nitrogens with one attached hydrogen (secondary N) is 1. The predicted octanol–water partition coefficient (Wildman–Crippen LogP) is 3.17. The fourth-order valence-electron chi connectivity index (χ4n) is 3.05. The highest BCUT2D eigenvalue weighted by atomic mass is 16.5. The lowest BCUT2D eigenvalue weighted by Crippen LogP contribution is -2.32. The lowest BCUT2D eigenvalue weighted by atomic mass is 9.99. The fraction of sp³-hybridized carbons (Fsp3) is 0.611. The molecule has 1 amide bonds. The molecule has 0 heterocycles. The maximum absolute atomic E-state index is 12.1. The highest BCUT2D eigenvalue weighted by Crippen LogP contribution is 2.27. The summed E-state index contributed by atoms with van der Waals surface area (Å²) in [6.07, 6.45) is 3.97. The molecule has 3 N–H and O–H groups in total. The average molecular weight is 304 g/mol. The number of hydrogen-bond donors (Lipinski definition) is 2. The Morgan fingerprint density at radius 1 is 1.27 bits per heavy atom. The van der Waals surface area contributed by atoms with Crippen molar-refractivity contribution in [1.82, 2.24) is 5.32 Å². The van der Waals surface area contributed by atoms with Crippen LogP contribution in [0.15, 0.2) is 24.3 Å². The van der Waals surface area contributed by atoms with E-state index in [1.54, 1.807) is 0 Å². The first kappa shape index (κ1) is 16.8. The number of benzene rings is 1. The molecule has 0 radical (unpaired) electrons. The van der Waals surface area contributed by atoms with Crippen LogP contribution in [0.3, 0.4) is 0 Å². The minimum absolute atomic E-state index is 0.00164. The normalized spacial score (nSPS) is 22.6. The van der Waals surface area contributed by atoms with Gasteiger partial charge in [0.05, 0.1) is 12.1 Å². The molecule has 0 saturated heterocycles. The van der Waals surface area contributed by atoms with Gasteiger partial charge in [-0.05, 0) is 57.2 Å². The quantitative estimate of drug-likeness (QED) is 0.848. The third-order valence-corrected chi connectivity index (χ3v) is 4.29. The van der Waals surface area contributed by atoms with Crippen LogP contribution in [0, 0.1) is 5.92 Å². The lowest BCUT2D eigenvalue weighted by Gasteiger charge is -2.19. The van der Waals surface area contributed by atoms with E-state index in [1.165, 1.54) is 0 Å². The zero-order chi connectivity index (χ0) is 16.1. The molecule has 122 valence electrons. The second kappa shape index (κ2) is 7.63. The summed E-state index contributed by atoms with van der Waals surface area (Å²) in [5.41, 5.74) is 7.12. The van der Waals surface area contributed by atoms with Crippen LogP contribution in [0.5, 0.6) is 5.75 Å². The zero-order valence-corrected chi connectivity index (χ0v) is 13.8. The van der Waals surface area contributed by atoms with Gasteiger partial charge in [-0.1, -0.05) is 18.6 Å². The van der Waals surface area contributed by atoms with E-state index in [-0.39, 0.29) is 24.1 Å². The molecular formula is C18H28N2O2. The van der Waals surface area contributed by atoms with Gasteiger partial charge in [0, 0.05) is 12.5 Å². The summed E-state index contributed by atoms with van der Waals surface area (Å²) >= 11 is 0. The molecule has 1 saturated carbocycles. The monoisotopic (exact) mass is 304 g/mol.